The largest absolute Gasteiger partial charge is 0.463 e. The Labute approximate surface area is 206 Å². The number of nitrogens with zero attached hydrogens (tertiary/aromatic N) is 1. The number of alkyl carbamates (subject to hydrolysis) is 1. The summed E-state index contributed by atoms with van der Waals surface area (Å²) in [5.41, 5.74) is 0. The number of nitrogens with one attached hydrogen (secondary N) is 2. The molecular weight excluding hydrogens is 466 g/mol. The highest BCUT2D eigenvalue weighted by Crippen LogP contribution is 2.03. The van der Waals surface area contributed by atoms with E-state index in [1.807, 2.05) is 18.9 Å². The lowest BCUT2D eigenvalue weighted by molar-refractivity contribution is -0.164. The van der Waals surface area contributed by atoms with Gasteiger partial charge >= 0.3 is 24.0 Å². The average Bonchev–Trinajstić information content (AvgIpc) is 2.82. The minimum absolute atomic E-state index is 0.299. The molecule has 0 radical (unpaired) electrons. The molecule has 0 bridgehead atoms. The van der Waals surface area contributed by atoms with Gasteiger partial charge in [0.25, 0.3) is 0 Å². The fraction of sp³-hybridized carbons (Fsp3) is 0.818. The quantitative estimate of drug-likeness (QED) is 0.0960. The fourth-order valence-electron chi connectivity index (χ4n) is 2.33. The number of esters is 3. The Balaban J connectivity index is 3.92. The minimum Gasteiger partial charge on any atom is -0.463 e. The smallest absolute Gasteiger partial charge is 0.407 e. The van der Waals surface area contributed by atoms with Crippen LogP contribution in [0.4, 0.5) is 4.79 Å². The van der Waals surface area contributed by atoms with Crippen molar-refractivity contribution in [3.63, 3.8) is 0 Å². The Kier molecular flexibility index (Phi) is 18.4. The van der Waals surface area contributed by atoms with Crippen molar-refractivity contribution in [2.24, 2.45) is 5.92 Å². The summed E-state index contributed by atoms with van der Waals surface area (Å²) in [7, 11) is 1.93. The summed E-state index contributed by atoms with van der Waals surface area (Å²) in [5, 5.41) is 24.7. The van der Waals surface area contributed by atoms with Crippen molar-refractivity contribution in [3.05, 3.63) is 0 Å². The SMILES string of the molecule is CCNCCN(C)CCNC(=O)OCC(O)COC(=O)CCC(=O)OCC(CO)OC(=O)C(C)C. The molecule has 2 atom stereocenters. The average molecular weight is 508 g/mol. The number of rotatable bonds is 19. The van der Waals surface area contributed by atoms with Crippen LogP contribution in [0.15, 0.2) is 0 Å². The molecule has 13 nitrogen and oxygen atoms in total. The first-order valence-electron chi connectivity index (χ1n) is 11.7. The van der Waals surface area contributed by atoms with Crippen LogP contribution in [0.1, 0.15) is 33.6 Å². The summed E-state index contributed by atoms with van der Waals surface area (Å²) >= 11 is 0. The Bertz CT molecular complexity index is 633. The van der Waals surface area contributed by atoms with E-state index >= 15 is 0 Å². The lowest BCUT2D eigenvalue weighted by atomic mass is 10.2. The van der Waals surface area contributed by atoms with Gasteiger partial charge in [-0.05, 0) is 13.6 Å². The number of carbonyl (C=O) groups is 4. The lowest BCUT2D eigenvalue weighted by Gasteiger charge is -2.17. The van der Waals surface area contributed by atoms with E-state index in [0.29, 0.717) is 13.1 Å². The second-order valence-corrected chi connectivity index (χ2v) is 8.10. The maximum Gasteiger partial charge on any atom is 0.407 e. The third kappa shape index (κ3) is 18.5. The van der Waals surface area contributed by atoms with E-state index in [-0.39, 0.29) is 26.1 Å². The van der Waals surface area contributed by atoms with E-state index < -0.39 is 55.3 Å². The summed E-state index contributed by atoms with van der Waals surface area (Å²) in [6.07, 6.45) is -3.51. The van der Waals surface area contributed by atoms with Crippen LogP contribution in [-0.2, 0) is 33.3 Å². The maximum atomic E-state index is 11.7. The standard InChI is InChI=1S/C22H41N3O10/c1-5-23-8-10-25(4)11-9-24-22(31)34-14-17(27)13-32-19(28)6-7-20(29)33-15-18(12-26)35-21(30)16(2)3/h16-18,23,26-27H,5-15H2,1-4H3,(H,24,31). The molecule has 0 spiro atoms. The summed E-state index contributed by atoms with van der Waals surface area (Å²) in [6.45, 7) is 7.24. The molecule has 0 saturated carbocycles. The molecule has 0 aliphatic carbocycles. The lowest BCUT2D eigenvalue weighted by Crippen LogP contribution is -2.37. The first-order valence-corrected chi connectivity index (χ1v) is 11.7. The third-order valence-electron chi connectivity index (χ3n) is 4.45. The molecule has 0 aliphatic rings. The first-order chi connectivity index (χ1) is 16.6. The Morgan fingerprint density at radius 1 is 0.914 bits per heavy atom. The number of aliphatic hydroxyl groups excluding tert-OH is 2. The predicted molar refractivity (Wildman–Crippen MR) is 124 cm³/mol. The van der Waals surface area contributed by atoms with Gasteiger partial charge in [0.2, 0.25) is 0 Å². The highest BCUT2D eigenvalue weighted by atomic mass is 16.6. The zero-order chi connectivity index (χ0) is 26.6. The topological polar surface area (TPSA) is 173 Å². The van der Waals surface area contributed by atoms with Gasteiger partial charge in [0, 0.05) is 26.2 Å². The third-order valence-corrected chi connectivity index (χ3v) is 4.45. The van der Waals surface area contributed by atoms with Gasteiger partial charge in [-0.3, -0.25) is 14.4 Å². The van der Waals surface area contributed by atoms with Gasteiger partial charge in [-0.15, -0.1) is 0 Å². The molecule has 0 aromatic carbocycles. The number of carbonyl (C=O) groups excluding carboxylic acids is 4. The zero-order valence-corrected chi connectivity index (χ0v) is 21.1. The monoisotopic (exact) mass is 507 g/mol. The van der Waals surface area contributed by atoms with Crippen LogP contribution in [0, 0.1) is 5.92 Å². The van der Waals surface area contributed by atoms with Crippen LogP contribution in [0.3, 0.4) is 0 Å². The molecule has 4 N–H and O–H groups in total. The molecule has 204 valence electrons. The summed E-state index contributed by atoms with van der Waals surface area (Å²) in [5.74, 6) is -2.42. The Morgan fingerprint density at radius 2 is 1.49 bits per heavy atom. The molecule has 35 heavy (non-hydrogen) atoms. The van der Waals surface area contributed by atoms with E-state index in [1.54, 1.807) is 13.8 Å². The molecule has 0 aromatic heterocycles. The Hall–Kier alpha value is -2.48. The molecule has 0 aliphatic heterocycles. The van der Waals surface area contributed by atoms with Crippen molar-refractivity contribution < 1.29 is 48.3 Å². The van der Waals surface area contributed by atoms with Crippen LogP contribution < -0.4 is 10.6 Å². The van der Waals surface area contributed by atoms with Crippen molar-refractivity contribution in [1.29, 1.82) is 0 Å². The number of amides is 1. The van der Waals surface area contributed by atoms with Crippen LogP contribution >= 0.6 is 0 Å². The van der Waals surface area contributed by atoms with E-state index in [1.165, 1.54) is 0 Å². The van der Waals surface area contributed by atoms with Gasteiger partial charge in [-0.2, -0.15) is 0 Å². The second-order valence-electron chi connectivity index (χ2n) is 8.10. The number of hydrogen-bond acceptors (Lipinski definition) is 12. The molecule has 1 amide bonds. The van der Waals surface area contributed by atoms with Crippen LogP contribution in [0.5, 0.6) is 0 Å². The minimum atomic E-state index is -1.22. The number of ether oxygens (including phenoxy) is 4. The van der Waals surface area contributed by atoms with E-state index in [0.717, 1.165) is 19.6 Å². The molecule has 0 saturated heterocycles. The molecule has 2 unspecified atom stereocenters. The van der Waals surface area contributed by atoms with Gasteiger partial charge in [-0.1, -0.05) is 20.8 Å². The molecule has 0 aromatic rings. The Morgan fingerprint density at radius 3 is 2.06 bits per heavy atom. The fourth-order valence-corrected chi connectivity index (χ4v) is 2.33. The van der Waals surface area contributed by atoms with Crippen molar-refractivity contribution in [3.8, 4) is 0 Å². The molecule has 0 rings (SSSR count). The van der Waals surface area contributed by atoms with Gasteiger partial charge in [0.1, 0.15) is 25.9 Å². The van der Waals surface area contributed by atoms with Gasteiger partial charge < -0.3 is 44.7 Å². The second kappa shape index (κ2) is 19.8. The van der Waals surface area contributed by atoms with E-state index in [4.69, 9.17) is 18.9 Å². The normalized spacial score (nSPS) is 12.7. The van der Waals surface area contributed by atoms with Crippen LogP contribution in [0.2, 0.25) is 0 Å². The van der Waals surface area contributed by atoms with Crippen molar-refractivity contribution in [2.75, 3.05) is 66.2 Å². The highest BCUT2D eigenvalue weighted by molar-refractivity contribution is 5.77. The van der Waals surface area contributed by atoms with Crippen molar-refractivity contribution in [2.45, 2.75) is 45.8 Å². The van der Waals surface area contributed by atoms with Crippen LogP contribution in [-0.4, -0.2) is 118 Å². The van der Waals surface area contributed by atoms with Gasteiger partial charge in [-0.25, -0.2) is 4.79 Å². The highest BCUT2D eigenvalue weighted by Gasteiger charge is 2.19. The van der Waals surface area contributed by atoms with Crippen LogP contribution in [0.25, 0.3) is 0 Å². The number of aliphatic hydroxyl groups is 2. The molecular formula is C22H41N3O10. The van der Waals surface area contributed by atoms with Crippen molar-refractivity contribution in [1.82, 2.24) is 15.5 Å². The van der Waals surface area contributed by atoms with E-state index in [9.17, 15) is 29.4 Å². The number of likely N-dealkylation sites (N-methyl/N-ethyl adjacent to an activating group) is 2. The summed E-state index contributed by atoms with van der Waals surface area (Å²) in [4.78, 5) is 48.6. The molecule has 0 heterocycles. The van der Waals surface area contributed by atoms with Gasteiger partial charge in [0.15, 0.2) is 6.10 Å². The van der Waals surface area contributed by atoms with Gasteiger partial charge in [0.05, 0.1) is 25.4 Å². The predicted octanol–water partition coefficient (Wildman–Crippen LogP) is -0.958. The maximum absolute atomic E-state index is 11.7. The zero-order valence-electron chi connectivity index (χ0n) is 21.1. The first kappa shape index (κ1) is 32.5. The molecule has 0 fully saturated rings. The van der Waals surface area contributed by atoms with E-state index in [2.05, 4.69) is 10.6 Å². The van der Waals surface area contributed by atoms with Crippen molar-refractivity contribution >= 4 is 24.0 Å². The summed E-state index contributed by atoms with van der Waals surface area (Å²) in [6, 6.07) is 0. The summed E-state index contributed by atoms with van der Waals surface area (Å²) < 4.78 is 19.6. The molecule has 13 heteroatoms. The number of hydrogen-bond donors (Lipinski definition) is 4.